The summed E-state index contributed by atoms with van der Waals surface area (Å²) in [5.41, 5.74) is -3.14. The minimum atomic E-state index is -4.86. The molecule has 0 N–H and O–H groups in total. The van der Waals surface area contributed by atoms with Gasteiger partial charge in [0, 0.05) is 5.56 Å². The Morgan fingerprint density at radius 2 is 2.05 bits per heavy atom. The fraction of sp³-hybridized carbons (Fsp3) is 0.400. The van der Waals surface area contributed by atoms with Crippen molar-refractivity contribution in [3.05, 3.63) is 26.6 Å². The van der Waals surface area contributed by atoms with Crippen LogP contribution in [0.25, 0.3) is 0 Å². The van der Waals surface area contributed by atoms with Crippen LogP contribution in [0.1, 0.15) is 35.0 Å². The first kappa shape index (κ1) is 16.1. The van der Waals surface area contributed by atoms with E-state index in [0.717, 1.165) is 0 Å². The van der Waals surface area contributed by atoms with Gasteiger partial charge in [-0.1, -0.05) is 0 Å². The summed E-state index contributed by atoms with van der Waals surface area (Å²) in [4.78, 5) is 14.6. The first-order chi connectivity index (χ1) is 8.68. The Bertz CT molecular complexity index is 490. The molecule has 0 fully saturated rings. The molecule has 1 aromatic heterocycles. The molecule has 0 aliphatic rings. The molecule has 0 unspecified atom stereocenters. The Morgan fingerprint density at radius 3 is 2.47 bits per heavy atom. The number of aromatic nitrogens is 1. The second-order valence-electron chi connectivity index (χ2n) is 3.28. The van der Waals surface area contributed by atoms with E-state index in [4.69, 9.17) is 0 Å². The molecule has 0 aliphatic carbocycles. The molecule has 9 heteroatoms. The second-order valence-corrected chi connectivity index (χ2v) is 4.30. The fourth-order valence-electron chi connectivity index (χ4n) is 1.26. The third kappa shape index (κ3) is 3.74. The number of alkyl halides is 5. The Labute approximate surface area is 118 Å². The molecule has 106 valence electrons. The molecule has 19 heavy (non-hydrogen) atoms. The fourth-order valence-corrected chi connectivity index (χ4v) is 2.05. The SMILES string of the molecule is CCOC(=O)c1c(C(F)F)cc(C(F)(F)F)nc1I. The van der Waals surface area contributed by atoms with Gasteiger partial charge in [-0.2, -0.15) is 13.2 Å². The van der Waals surface area contributed by atoms with Gasteiger partial charge in [-0.25, -0.2) is 18.6 Å². The maximum atomic E-state index is 12.8. The van der Waals surface area contributed by atoms with Crippen molar-refractivity contribution < 1.29 is 31.5 Å². The van der Waals surface area contributed by atoms with Gasteiger partial charge in [-0.3, -0.25) is 0 Å². The van der Waals surface area contributed by atoms with Crippen molar-refractivity contribution in [2.24, 2.45) is 0 Å². The van der Waals surface area contributed by atoms with E-state index in [-0.39, 0.29) is 12.7 Å². The molecule has 0 spiro atoms. The van der Waals surface area contributed by atoms with Crippen LogP contribution in [-0.4, -0.2) is 17.6 Å². The molecule has 1 rings (SSSR count). The highest BCUT2D eigenvalue weighted by molar-refractivity contribution is 14.1. The standard InChI is InChI=1S/C10H7F5INO2/c1-2-19-9(18)6-4(7(11)12)3-5(10(13,14)15)17-8(6)16/h3,7H,2H2,1H3. The lowest BCUT2D eigenvalue weighted by Crippen LogP contribution is -2.17. The van der Waals surface area contributed by atoms with Crippen molar-refractivity contribution in [3.8, 4) is 0 Å². The third-order valence-corrected chi connectivity index (χ3v) is 2.79. The summed E-state index contributed by atoms with van der Waals surface area (Å²) in [6, 6.07) is 0.166. The molecule has 1 aromatic rings. The van der Waals surface area contributed by atoms with Crippen molar-refractivity contribution >= 4 is 28.6 Å². The smallest absolute Gasteiger partial charge is 0.433 e. The lowest BCUT2D eigenvalue weighted by Gasteiger charge is -2.13. The van der Waals surface area contributed by atoms with Gasteiger partial charge < -0.3 is 4.74 Å². The van der Waals surface area contributed by atoms with Gasteiger partial charge >= 0.3 is 12.1 Å². The lowest BCUT2D eigenvalue weighted by molar-refractivity contribution is -0.141. The molecule has 3 nitrogen and oxygen atoms in total. The molecule has 0 saturated heterocycles. The number of carbonyl (C=O) groups is 1. The van der Waals surface area contributed by atoms with Crippen LogP contribution in [-0.2, 0) is 10.9 Å². The first-order valence-corrected chi connectivity index (χ1v) is 5.99. The van der Waals surface area contributed by atoms with Gasteiger partial charge in [0.25, 0.3) is 6.43 Å². The lowest BCUT2D eigenvalue weighted by atomic mass is 10.1. The number of ether oxygens (including phenoxy) is 1. The number of halogens is 6. The van der Waals surface area contributed by atoms with Gasteiger partial charge in [0.1, 0.15) is 15.0 Å². The van der Waals surface area contributed by atoms with E-state index in [9.17, 15) is 26.7 Å². The summed E-state index contributed by atoms with van der Waals surface area (Å²) in [5.74, 6) is -1.12. The van der Waals surface area contributed by atoms with Crippen molar-refractivity contribution in [2.75, 3.05) is 6.61 Å². The monoisotopic (exact) mass is 395 g/mol. The molecule has 0 saturated carbocycles. The number of rotatable bonds is 3. The number of pyridine rings is 1. The Balaban J connectivity index is 3.44. The summed E-state index contributed by atoms with van der Waals surface area (Å²) in [6.07, 6.45) is -8.10. The largest absolute Gasteiger partial charge is 0.462 e. The average Bonchev–Trinajstić information content (AvgIpc) is 2.26. The molecule has 0 amide bonds. The predicted molar refractivity (Wildman–Crippen MR) is 62.9 cm³/mol. The topological polar surface area (TPSA) is 39.2 Å². The Morgan fingerprint density at radius 1 is 1.47 bits per heavy atom. The van der Waals surface area contributed by atoms with Crippen molar-refractivity contribution in [1.29, 1.82) is 0 Å². The molecule has 0 atom stereocenters. The zero-order chi connectivity index (χ0) is 14.8. The summed E-state index contributed by atoms with van der Waals surface area (Å²) < 4.78 is 67.0. The van der Waals surface area contributed by atoms with E-state index in [1.807, 2.05) is 0 Å². The first-order valence-electron chi connectivity index (χ1n) is 4.91. The number of nitrogens with zero attached hydrogens (tertiary/aromatic N) is 1. The van der Waals surface area contributed by atoms with Crippen LogP contribution in [0.15, 0.2) is 6.07 Å². The van der Waals surface area contributed by atoms with Crippen molar-refractivity contribution in [2.45, 2.75) is 19.5 Å². The third-order valence-electron chi connectivity index (χ3n) is 2.01. The molecular formula is C10H7F5INO2. The highest BCUT2D eigenvalue weighted by Gasteiger charge is 2.36. The summed E-state index contributed by atoms with van der Waals surface area (Å²) in [6.45, 7) is 1.36. The van der Waals surface area contributed by atoms with E-state index >= 15 is 0 Å². The van der Waals surface area contributed by atoms with Crippen LogP contribution in [0.5, 0.6) is 0 Å². The van der Waals surface area contributed by atoms with Crippen LogP contribution >= 0.6 is 22.6 Å². The summed E-state index contributed by atoms with van der Waals surface area (Å²) in [7, 11) is 0. The van der Waals surface area contributed by atoms with Crippen LogP contribution in [0, 0.1) is 3.70 Å². The van der Waals surface area contributed by atoms with E-state index in [2.05, 4.69) is 9.72 Å². The number of hydrogen-bond acceptors (Lipinski definition) is 3. The predicted octanol–water partition coefficient (Wildman–Crippen LogP) is 3.82. The zero-order valence-corrected chi connectivity index (χ0v) is 11.6. The van der Waals surface area contributed by atoms with Crippen LogP contribution in [0.3, 0.4) is 0 Å². The summed E-state index contributed by atoms with van der Waals surface area (Å²) in [5, 5.41) is 0. The highest BCUT2D eigenvalue weighted by atomic mass is 127. The van der Waals surface area contributed by atoms with Gasteiger partial charge in [0.05, 0.1) is 6.61 Å². The Kier molecular flexibility index (Phi) is 5.04. The molecule has 1 heterocycles. The number of carbonyl (C=O) groups excluding carboxylic acids is 1. The quantitative estimate of drug-likeness (QED) is 0.338. The molecule has 0 bridgehead atoms. The maximum absolute atomic E-state index is 12.8. The highest BCUT2D eigenvalue weighted by Crippen LogP contribution is 2.34. The van der Waals surface area contributed by atoms with Gasteiger partial charge in [0.2, 0.25) is 0 Å². The van der Waals surface area contributed by atoms with E-state index in [1.165, 1.54) is 29.5 Å². The normalized spacial score (nSPS) is 11.8. The summed E-state index contributed by atoms with van der Waals surface area (Å²) >= 11 is 1.29. The van der Waals surface area contributed by atoms with E-state index in [0.29, 0.717) is 0 Å². The maximum Gasteiger partial charge on any atom is 0.433 e. The molecule has 0 radical (unpaired) electrons. The number of esters is 1. The van der Waals surface area contributed by atoms with E-state index in [1.54, 1.807) is 0 Å². The molecular weight excluding hydrogens is 388 g/mol. The molecule has 0 aromatic carbocycles. The minimum Gasteiger partial charge on any atom is -0.462 e. The number of hydrogen-bond donors (Lipinski definition) is 0. The Hall–Kier alpha value is -1.00. The van der Waals surface area contributed by atoms with Gasteiger partial charge in [0.15, 0.2) is 0 Å². The average molecular weight is 395 g/mol. The van der Waals surface area contributed by atoms with Crippen molar-refractivity contribution in [1.82, 2.24) is 4.98 Å². The van der Waals surface area contributed by atoms with Crippen LogP contribution in [0.2, 0.25) is 0 Å². The van der Waals surface area contributed by atoms with Crippen LogP contribution < -0.4 is 0 Å². The zero-order valence-electron chi connectivity index (χ0n) is 9.39. The molecule has 0 aliphatic heterocycles. The van der Waals surface area contributed by atoms with Crippen molar-refractivity contribution in [3.63, 3.8) is 0 Å². The van der Waals surface area contributed by atoms with E-state index < -0.39 is 39.1 Å². The minimum absolute atomic E-state index is 0.0847. The van der Waals surface area contributed by atoms with Gasteiger partial charge in [-0.05, 0) is 35.6 Å². The van der Waals surface area contributed by atoms with Crippen LogP contribution in [0.4, 0.5) is 22.0 Å². The second kappa shape index (κ2) is 5.97. The van der Waals surface area contributed by atoms with Gasteiger partial charge in [-0.15, -0.1) is 0 Å².